The number of aromatic carboxylic acids is 1. The van der Waals surface area contributed by atoms with Crippen LogP contribution in [0.3, 0.4) is 0 Å². The van der Waals surface area contributed by atoms with Crippen molar-refractivity contribution >= 4 is 23.6 Å². The molecule has 6 heteroatoms. The number of pyridine rings is 1. The molecule has 1 unspecified atom stereocenters. The number of carboxylic acid groups (broad SMARTS) is 1. The Bertz CT molecular complexity index is 597. The van der Waals surface area contributed by atoms with Gasteiger partial charge in [-0.1, -0.05) is 13.8 Å². The molecule has 0 spiro atoms. The van der Waals surface area contributed by atoms with Crippen LogP contribution in [0.25, 0.3) is 0 Å². The molecule has 1 aromatic rings. The maximum Gasteiger partial charge on any atom is 0.335 e. The summed E-state index contributed by atoms with van der Waals surface area (Å²) in [7, 11) is 0. The van der Waals surface area contributed by atoms with E-state index in [4.69, 9.17) is 5.11 Å². The van der Waals surface area contributed by atoms with Crippen molar-refractivity contribution in [2.75, 3.05) is 4.90 Å². The van der Waals surface area contributed by atoms with Gasteiger partial charge in [-0.3, -0.25) is 9.59 Å². The highest BCUT2D eigenvalue weighted by Crippen LogP contribution is 2.40. The summed E-state index contributed by atoms with van der Waals surface area (Å²) in [6.07, 6.45) is 1.40. The fourth-order valence-corrected chi connectivity index (χ4v) is 2.19. The van der Waals surface area contributed by atoms with E-state index in [0.29, 0.717) is 0 Å². The molecule has 0 saturated carbocycles. The number of carbonyl (C=O) groups excluding carboxylic acids is 2. The van der Waals surface area contributed by atoms with E-state index in [1.807, 2.05) is 13.8 Å². The molecule has 2 rings (SSSR count). The summed E-state index contributed by atoms with van der Waals surface area (Å²) in [6, 6.07) is 2.56. The van der Waals surface area contributed by atoms with Crippen molar-refractivity contribution in [3.05, 3.63) is 23.9 Å². The molecular weight excluding hydrogens is 260 g/mol. The van der Waals surface area contributed by atoms with E-state index < -0.39 is 11.4 Å². The molecule has 0 radical (unpaired) electrons. The standard InChI is InChI=1S/C14H16N2O4/c1-8(2)14(3)7-11(17)16(13(14)20)10-6-9(12(18)19)4-5-15-10/h4-6,8H,7H2,1-3H3,(H,18,19). The highest BCUT2D eigenvalue weighted by Gasteiger charge is 2.51. The molecule has 2 heterocycles. The van der Waals surface area contributed by atoms with Crippen molar-refractivity contribution in [1.82, 2.24) is 4.98 Å². The van der Waals surface area contributed by atoms with Crippen molar-refractivity contribution in [2.45, 2.75) is 27.2 Å². The van der Waals surface area contributed by atoms with Gasteiger partial charge in [-0.05, 0) is 25.0 Å². The summed E-state index contributed by atoms with van der Waals surface area (Å²) >= 11 is 0. The van der Waals surface area contributed by atoms with E-state index >= 15 is 0 Å². The molecule has 2 amide bonds. The zero-order chi connectivity index (χ0) is 15.1. The molecule has 1 aromatic heterocycles. The zero-order valence-corrected chi connectivity index (χ0v) is 11.6. The van der Waals surface area contributed by atoms with Crippen molar-refractivity contribution in [3.63, 3.8) is 0 Å². The molecule has 1 saturated heterocycles. The maximum atomic E-state index is 12.5. The van der Waals surface area contributed by atoms with Crippen LogP contribution in [0.2, 0.25) is 0 Å². The van der Waals surface area contributed by atoms with Gasteiger partial charge in [-0.15, -0.1) is 0 Å². The normalized spacial score (nSPS) is 22.7. The lowest BCUT2D eigenvalue weighted by atomic mass is 9.78. The van der Waals surface area contributed by atoms with Crippen LogP contribution in [-0.4, -0.2) is 27.9 Å². The number of rotatable bonds is 3. The molecule has 0 aliphatic carbocycles. The third kappa shape index (κ3) is 2.07. The predicted molar refractivity (Wildman–Crippen MR) is 71.3 cm³/mol. The summed E-state index contributed by atoms with van der Waals surface area (Å²) in [4.78, 5) is 40.5. The lowest BCUT2D eigenvalue weighted by molar-refractivity contribution is -0.126. The summed E-state index contributed by atoms with van der Waals surface area (Å²) in [5, 5.41) is 8.96. The quantitative estimate of drug-likeness (QED) is 0.849. The van der Waals surface area contributed by atoms with Gasteiger partial charge in [0.05, 0.1) is 11.0 Å². The molecule has 1 fully saturated rings. The molecule has 0 aromatic carbocycles. The van der Waals surface area contributed by atoms with E-state index in [-0.39, 0.29) is 35.5 Å². The second-order valence-electron chi connectivity index (χ2n) is 5.49. The molecule has 106 valence electrons. The number of carbonyl (C=O) groups is 3. The minimum Gasteiger partial charge on any atom is -0.478 e. The third-order valence-electron chi connectivity index (χ3n) is 3.96. The SMILES string of the molecule is CC(C)C1(C)CC(=O)N(c2cc(C(=O)O)ccn2)C1=O. The highest BCUT2D eigenvalue weighted by molar-refractivity contribution is 6.22. The first kappa shape index (κ1) is 14.2. The van der Waals surface area contributed by atoms with Crippen LogP contribution in [-0.2, 0) is 9.59 Å². The summed E-state index contributed by atoms with van der Waals surface area (Å²) in [5.74, 6) is -1.72. The first-order valence-corrected chi connectivity index (χ1v) is 6.34. The number of nitrogens with zero attached hydrogens (tertiary/aromatic N) is 2. The first-order valence-electron chi connectivity index (χ1n) is 6.34. The second-order valence-corrected chi connectivity index (χ2v) is 5.49. The van der Waals surface area contributed by atoms with E-state index in [0.717, 1.165) is 4.90 Å². The summed E-state index contributed by atoms with van der Waals surface area (Å²) in [6.45, 7) is 5.52. The molecule has 1 aliphatic rings. The fraction of sp³-hybridized carbons (Fsp3) is 0.429. The van der Waals surface area contributed by atoms with Gasteiger partial charge in [0, 0.05) is 12.6 Å². The minimum atomic E-state index is -1.13. The smallest absolute Gasteiger partial charge is 0.335 e. The van der Waals surface area contributed by atoms with Gasteiger partial charge < -0.3 is 5.11 Å². The number of carboxylic acids is 1. The van der Waals surface area contributed by atoms with Crippen molar-refractivity contribution in [2.24, 2.45) is 11.3 Å². The number of hydrogen-bond donors (Lipinski definition) is 1. The Morgan fingerprint density at radius 2 is 2.10 bits per heavy atom. The number of anilines is 1. The Morgan fingerprint density at radius 3 is 2.60 bits per heavy atom. The largest absolute Gasteiger partial charge is 0.478 e. The average molecular weight is 276 g/mol. The molecule has 1 aliphatic heterocycles. The summed E-state index contributed by atoms with van der Waals surface area (Å²) in [5.41, 5.74) is -0.772. The van der Waals surface area contributed by atoms with E-state index in [9.17, 15) is 14.4 Å². The predicted octanol–water partition coefficient (Wildman–Crippen LogP) is 1.71. The first-order chi connectivity index (χ1) is 9.27. The number of imide groups is 1. The van der Waals surface area contributed by atoms with Gasteiger partial charge >= 0.3 is 5.97 Å². The minimum absolute atomic E-state index is 0.00579. The fourth-order valence-electron chi connectivity index (χ4n) is 2.19. The van der Waals surface area contributed by atoms with Gasteiger partial charge in [0.15, 0.2) is 0 Å². The van der Waals surface area contributed by atoms with Gasteiger partial charge in [0.2, 0.25) is 11.8 Å². The van der Waals surface area contributed by atoms with Crippen LogP contribution in [0, 0.1) is 11.3 Å². The Hall–Kier alpha value is -2.24. The highest BCUT2D eigenvalue weighted by atomic mass is 16.4. The van der Waals surface area contributed by atoms with E-state index in [1.165, 1.54) is 18.3 Å². The number of hydrogen-bond acceptors (Lipinski definition) is 4. The van der Waals surface area contributed by atoms with E-state index in [2.05, 4.69) is 4.98 Å². The molecule has 0 bridgehead atoms. The Labute approximate surface area is 116 Å². The van der Waals surface area contributed by atoms with Gasteiger partial charge in [0.1, 0.15) is 5.82 Å². The monoisotopic (exact) mass is 276 g/mol. The van der Waals surface area contributed by atoms with Crippen LogP contribution in [0.5, 0.6) is 0 Å². The maximum absolute atomic E-state index is 12.5. The Balaban J connectivity index is 2.43. The number of amides is 2. The Morgan fingerprint density at radius 1 is 1.45 bits per heavy atom. The Kier molecular flexibility index (Phi) is 3.33. The van der Waals surface area contributed by atoms with Gasteiger partial charge in [-0.25, -0.2) is 14.7 Å². The van der Waals surface area contributed by atoms with Crippen molar-refractivity contribution in [1.29, 1.82) is 0 Å². The van der Waals surface area contributed by atoms with Crippen LogP contribution in [0.15, 0.2) is 18.3 Å². The second kappa shape index (κ2) is 4.70. The molecule has 20 heavy (non-hydrogen) atoms. The van der Waals surface area contributed by atoms with Crippen molar-refractivity contribution < 1.29 is 19.5 Å². The molecule has 1 N–H and O–H groups in total. The van der Waals surface area contributed by atoms with Crippen LogP contribution in [0.4, 0.5) is 5.82 Å². The van der Waals surface area contributed by atoms with Crippen LogP contribution >= 0.6 is 0 Å². The average Bonchev–Trinajstić information content (AvgIpc) is 2.61. The van der Waals surface area contributed by atoms with Crippen LogP contribution < -0.4 is 4.90 Å². The summed E-state index contributed by atoms with van der Waals surface area (Å²) < 4.78 is 0. The van der Waals surface area contributed by atoms with Gasteiger partial charge in [0.25, 0.3) is 0 Å². The molecular formula is C14H16N2O4. The lowest BCUT2D eigenvalue weighted by Crippen LogP contribution is -2.37. The zero-order valence-electron chi connectivity index (χ0n) is 11.6. The number of aromatic nitrogens is 1. The van der Waals surface area contributed by atoms with Crippen LogP contribution in [0.1, 0.15) is 37.6 Å². The molecule has 6 nitrogen and oxygen atoms in total. The van der Waals surface area contributed by atoms with Crippen molar-refractivity contribution in [3.8, 4) is 0 Å². The molecule has 1 atom stereocenters. The topological polar surface area (TPSA) is 87.6 Å². The lowest BCUT2D eigenvalue weighted by Gasteiger charge is -2.25. The third-order valence-corrected chi connectivity index (χ3v) is 3.96. The van der Waals surface area contributed by atoms with E-state index in [1.54, 1.807) is 6.92 Å². The van der Waals surface area contributed by atoms with Gasteiger partial charge in [-0.2, -0.15) is 0 Å².